The number of aromatic nitrogens is 3. The van der Waals surface area contributed by atoms with Crippen LogP contribution in [0.25, 0.3) is 11.0 Å². The minimum atomic E-state index is -3.53. The zero-order chi connectivity index (χ0) is 25.0. The lowest BCUT2D eigenvalue weighted by atomic mass is 9.91. The molecular formula is C24H28N6O4S. The molecule has 1 aromatic carbocycles. The highest BCUT2D eigenvalue weighted by molar-refractivity contribution is 7.92. The summed E-state index contributed by atoms with van der Waals surface area (Å²) in [5, 5.41) is 20.3. The van der Waals surface area contributed by atoms with Crippen molar-refractivity contribution in [1.29, 1.82) is 5.26 Å². The number of carbonyl (C=O) groups is 1. The highest BCUT2D eigenvalue weighted by atomic mass is 32.2. The van der Waals surface area contributed by atoms with E-state index >= 15 is 0 Å². The van der Waals surface area contributed by atoms with Crippen molar-refractivity contribution in [3.63, 3.8) is 0 Å². The smallest absolute Gasteiger partial charge is 0.261 e. The molecule has 2 N–H and O–H groups in total. The fraction of sp³-hybridized carbons (Fsp3) is 0.417. The molecule has 0 unspecified atom stereocenters. The van der Waals surface area contributed by atoms with Crippen molar-refractivity contribution in [2.24, 2.45) is 5.92 Å². The second-order valence-electron chi connectivity index (χ2n) is 9.02. The summed E-state index contributed by atoms with van der Waals surface area (Å²) in [5.41, 5.74) is 2.85. The van der Waals surface area contributed by atoms with Crippen LogP contribution in [0.2, 0.25) is 0 Å². The van der Waals surface area contributed by atoms with Crippen LogP contribution < -0.4 is 10.0 Å². The lowest BCUT2D eigenvalue weighted by molar-refractivity contribution is -0.117. The van der Waals surface area contributed by atoms with E-state index in [1.54, 1.807) is 23.1 Å². The Bertz CT molecular complexity index is 1390. The summed E-state index contributed by atoms with van der Waals surface area (Å²) in [4.78, 5) is 11.7. The molecule has 1 saturated carbocycles. The number of nitrogens with zero attached hydrogens (tertiary/aromatic N) is 4. The van der Waals surface area contributed by atoms with Gasteiger partial charge in [-0.1, -0.05) is 37.1 Å². The van der Waals surface area contributed by atoms with Gasteiger partial charge in [-0.2, -0.15) is 10.4 Å². The third-order valence-corrected chi connectivity index (χ3v) is 7.57. The van der Waals surface area contributed by atoms with Crippen LogP contribution in [-0.4, -0.2) is 35.0 Å². The van der Waals surface area contributed by atoms with Gasteiger partial charge in [0.15, 0.2) is 11.4 Å². The Morgan fingerprint density at radius 1 is 1.29 bits per heavy atom. The van der Waals surface area contributed by atoms with Crippen molar-refractivity contribution in [3.05, 3.63) is 53.4 Å². The molecule has 35 heavy (non-hydrogen) atoms. The molecule has 1 aliphatic carbocycles. The van der Waals surface area contributed by atoms with E-state index in [-0.39, 0.29) is 29.6 Å². The fourth-order valence-corrected chi connectivity index (χ4v) is 5.94. The first kappa shape index (κ1) is 24.5. The third-order valence-electron chi connectivity index (χ3n) is 6.16. The maximum Gasteiger partial charge on any atom is 0.261 e. The number of rotatable bonds is 9. The number of aryl methyl sites for hydroxylation is 1. The molecule has 10 nitrogen and oxygen atoms in total. The highest BCUT2D eigenvalue weighted by Crippen LogP contribution is 2.30. The molecule has 0 atom stereocenters. The van der Waals surface area contributed by atoms with Gasteiger partial charge in [0.25, 0.3) is 5.91 Å². The first-order valence-electron chi connectivity index (χ1n) is 11.5. The maximum absolute atomic E-state index is 12.7. The van der Waals surface area contributed by atoms with Crippen LogP contribution in [0, 0.1) is 24.2 Å². The molecule has 0 spiro atoms. The summed E-state index contributed by atoms with van der Waals surface area (Å²) in [6, 6.07) is 5.47. The molecule has 11 heteroatoms. The molecule has 0 saturated heterocycles. The van der Waals surface area contributed by atoms with Crippen molar-refractivity contribution in [1.82, 2.24) is 20.3 Å². The average Bonchev–Trinajstić information content (AvgIpc) is 3.43. The first-order valence-corrected chi connectivity index (χ1v) is 13.2. The van der Waals surface area contributed by atoms with Crippen LogP contribution in [0.4, 0.5) is 5.82 Å². The number of benzene rings is 1. The van der Waals surface area contributed by atoms with Crippen molar-refractivity contribution in [2.75, 3.05) is 10.5 Å². The van der Waals surface area contributed by atoms with Gasteiger partial charge in [-0.25, -0.2) is 8.42 Å². The SMILES string of the molecule is C=C(C#N)C(=O)NCc1cnn(Cc2cc(C)c3c(NS(=O)(=O)CC4CCCCC4)noc3c2)c1. The molecule has 184 valence electrons. The summed E-state index contributed by atoms with van der Waals surface area (Å²) in [6.07, 6.45) is 8.65. The van der Waals surface area contributed by atoms with Gasteiger partial charge in [0, 0.05) is 18.3 Å². The molecule has 3 aromatic rings. The first-order chi connectivity index (χ1) is 16.7. The summed E-state index contributed by atoms with van der Waals surface area (Å²) in [7, 11) is -3.53. The van der Waals surface area contributed by atoms with Crippen molar-refractivity contribution in [2.45, 2.75) is 52.1 Å². The van der Waals surface area contributed by atoms with Crippen molar-refractivity contribution < 1.29 is 17.7 Å². The number of nitrogens with one attached hydrogen (secondary N) is 2. The van der Waals surface area contributed by atoms with E-state index in [9.17, 15) is 13.2 Å². The van der Waals surface area contributed by atoms with E-state index in [1.165, 1.54) is 6.42 Å². The lowest BCUT2D eigenvalue weighted by Gasteiger charge is -2.21. The largest absolute Gasteiger partial charge is 0.354 e. The average molecular weight is 497 g/mol. The van der Waals surface area contributed by atoms with Gasteiger partial charge < -0.3 is 9.84 Å². The number of hydrogen-bond acceptors (Lipinski definition) is 7. The van der Waals surface area contributed by atoms with Gasteiger partial charge >= 0.3 is 0 Å². The van der Waals surface area contributed by atoms with E-state index < -0.39 is 15.9 Å². The summed E-state index contributed by atoms with van der Waals surface area (Å²) in [5.74, 6) is -0.0112. The molecular weight excluding hydrogens is 468 g/mol. The van der Waals surface area contributed by atoms with E-state index in [1.807, 2.05) is 19.1 Å². The molecule has 0 bridgehead atoms. The van der Waals surface area contributed by atoms with Crippen LogP contribution in [0.1, 0.15) is 48.8 Å². The van der Waals surface area contributed by atoms with E-state index in [0.29, 0.717) is 17.5 Å². The van der Waals surface area contributed by atoms with Crippen LogP contribution >= 0.6 is 0 Å². The Balaban J connectivity index is 1.43. The van der Waals surface area contributed by atoms with Crippen LogP contribution in [-0.2, 0) is 27.9 Å². The summed E-state index contributed by atoms with van der Waals surface area (Å²) < 4.78 is 35.3. The Morgan fingerprint density at radius 3 is 2.80 bits per heavy atom. The highest BCUT2D eigenvalue weighted by Gasteiger charge is 2.24. The lowest BCUT2D eigenvalue weighted by Crippen LogP contribution is -2.24. The molecule has 0 radical (unpaired) electrons. The Kier molecular flexibility index (Phi) is 7.21. The zero-order valence-electron chi connectivity index (χ0n) is 19.6. The normalized spacial score (nSPS) is 14.5. The third kappa shape index (κ3) is 6.08. The van der Waals surface area contributed by atoms with E-state index in [0.717, 1.165) is 42.4 Å². The number of nitriles is 1. The monoisotopic (exact) mass is 496 g/mol. The number of sulfonamides is 1. The predicted molar refractivity (Wildman–Crippen MR) is 131 cm³/mol. The van der Waals surface area contributed by atoms with Gasteiger partial charge in [-0.3, -0.25) is 14.2 Å². The number of anilines is 1. The van der Waals surface area contributed by atoms with Gasteiger partial charge in [0.05, 0.1) is 23.9 Å². The predicted octanol–water partition coefficient (Wildman–Crippen LogP) is 3.40. The fourth-order valence-electron chi connectivity index (χ4n) is 4.47. The number of fused-ring (bicyclic) bond motifs is 1. The van der Waals surface area contributed by atoms with Gasteiger partial charge in [-0.05, 0) is 42.9 Å². The molecule has 2 heterocycles. The molecule has 1 aliphatic rings. The summed E-state index contributed by atoms with van der Waals surface area (Å²) in [6.45, 7) is 5.93. The Labute approximate surface area is 204 Å². The number of amides is 1. The van der Waals surface area contributed by atoms with Crippen molar-refractivity contribution >= 4 is 32.7 Å². The quantitative estimate of drug-likeness (QED) is 0.341. The van der Waals surface area contributed by atoms with Crippen molar-refractivity contribution in [3.8, 4) is 6.07 Å². The van der Waals surface area contributed by atoms with Crippen LogP contribution in [0.3, 0.4) is 0 Å². The minimum absolute atomic E-state index is 0.102. The zero-order valence-corrected chi connectivity index (χ0v) is 20.4. The Morgan fingerprint density at radius 2 is 2.06 bits per heavy atom. The Hall–Kier alpha value is -3.65. The molecule has 2 aromatic heterocycles. The summed E-state index contributed by atoms with van der Waals surface area (Å²) >= 11 is 0. The van der Waals surface area contributed by atoms with Crippen LogP contribution in [0.5, 0.6) is 0 Å². The number of carbonyl (C=O) groups excluding carboxylic acids is 1. The molecule has 1 amide bonds. The molecule has 0 aliphatic heterocycles. The minimum Gasteiger partial charge on any atom is -0.354 e. The molecule has 1 fully saturated rings. The second-order valence-corrected chi connectivity index (χ2v) is 10.8. The van der Waals surface area contributed by atoms with Gasteiger partial charge in [0.2, 0.25) is 10.0 Å². The maximum atomic E-state index is 12.7. The topological polar surface area (TPSA) is 143 Å². The van der Waals surface area contributed by atoms with Crippen LogP contribution in [0.15, 0.2) is 41.2 Å². The number of hydrogen-bond donors (Lipinski definition) is 2. The van der Waals surface area contributed by atoms with Gasteiger partial charge in [0.1, 0.15) is 11.6 Å². The van der Waals surface area contributed by atoms with E-state index in [2.05, 4.69) is 26.9 Å². The molecule has 4 rings (SSSR count). The van der Waals surface area contributed by atoms with E-state index in [4.69, 9.17) is 9.78 Å². The van der Waals surface area contributed by atoms with Gasteiger partial charge in [-0.15, -0.1) is 0 Å². The second kappa shape index (κ2) is 10.3. The standard InChI is InChI=1S/C24H28N6O4S/c1-16-8-19(13-30-14-20(12-27-30)11-26-24(31)17(2)10-25)9-21-22(16)23(28-34-21)29-35(32,33)15-18-6-4-3-5-7-18/h8-9,12,14,18H,2-7,11,13,15H2,1H3,(H,26,31)(H,28,29).